The number of carbonyl (C=O) groups is 1. The maximum absolute atomic E-state index is 14.0. The van der Waals surface area contributed by atoms with Crippen molar-refractivity contribution in [2.24, 2.45) is 7.05 Å². The van der Waals surface area contributed by atoms with E-state index in [1.165, 1.54) is 6.07 Å². The second-order valence-electron chi connectivity index (χ2n) is 6.71. The van der Waals surface area contributed by atoms with Crippen molar-refractivity contribution in [3.63, 3.8) is 0 Å². The van der Waals surface area contributed by atoms with E-state index < -0.39 is 0 Å². The van der Waals surface area contributed by atoms with Gasteiger partial charge < -0.3 is 19.1 Å². The van der Waals surface area contributed by atoms with E-state index in [1.807, 2.05) is 51.7 Å². The fourth-order valence-corrected chi connectivity index (χ4v) is 3.74. The topological polar surface area (TPSA) is 37.7 Å². The van der Waals surface area contributed by atoms with Gasteiger partial charge in [-0.3, -0.25) is 4.79 Å². The molecule has 0 aliphatic carbocycles. The summed E-state index contributed by atoms with van der Waals surface area (Å²) in [6.07, 6.45) is 0. The van der Waals surface area contributed by atoms with E-state index in [0.717, 1.165) is 16.7 Å². The number of para-hydroxylation sites is 1. The minimum atomic E-state index is -0.224. The fourth-order valence-electron chi connectivity index (χ4n) is 3.74. The van der Waals surface area contributed by atoms with Crippen molar-refractivity contribution >= 4 is 22.5 Å². The molecule has 1 fully saturated rings. The number of nitrogens with zero attached hydrogens (tertiary/aromatic N) is 3. The zero-order chi connectivity index (χ0) is 19.0. The molecule has 0 atom stereocenters. The van der Waals surface area contributed by atoms with Gasteiger partial charge in [0.2, 0.25) is 0 Å². The van der Waals surface area contributed by atoms with E-state index in [0.29, 0.717) is 37.6 Å². The number of aromatic nitrogens is 1. The molecule has 1 aromatic heterocycles. The SMILES string of the molecule is COc1cccc2c1cc(C(=O)N1CCN(c3ccccc3F)CC1)n2C. The minimum absolute atomic E-state index is 0.0102. The smallest absolute Gasteiger partial charge is 0.270 e. The summed E-state index contributed by atoms with van der Waals surface area (Å²) in [4.78, 5) is 16.9. The van der Waals surface area contributed by atoms with Crippen molar-refractivity contribution in [1.82, 2.24) is 9.47 Å². The molecule has 0 unspecified atom stereocenters. The molecule has 0 radical (unpaired) electrons. The lowest BCUT2D eigenvalue weighted by Crippen LogP contribution is -2.49. The number of benzene rings is 2. The van der Waals surface area contributed by atoms with Crippen molar-refractivity contribution in [3.8, 4) is 5.75 Å². The maximum atomic E-state index is 14.0. The van der Waals surface area contributed by atoms with Gasteiger partial charge in [-0.2, -0.15) is 0 Å². The Morgan fingerprint density at radius 2 is 1.78 bits per heavy atom. The van der Waals surface area contributed by atoms with Crippen LogP contribution in [-0.2, 0) is 7.05 Å². The van der Waals surface area contributed by atoms with E-state index in [-0.39, 0.29) is 11.7 Å². The van der Waals surface area contributed by atoms with E-state index in [1.54, 1.807) is 19.2 Å². The molecular formula is C21H22FN3O2. The van der Waals surface area contributed by atoms with E-state index in [2.05, 4.69) is 0 Å². The number of carbonyl (C=O) groups excluding carboxylic acids is 1. The first-order chi connectivity index (χ1) is 13.1. The number of ether oxygens (including phenoxy) is 1. The Morgan fingerprint density at radius 3 is 2.48 bits per heavy atom. The second kappa shape index (κ2) is 6.95. The van der Waals surface area contributed by atoms with E-state index in [4.69, 9.17) is 4.74 Å². The molecule has 4 rings (SSSR count). The Kier molecular flexibility index (Phi) is 4.48. The summed E-state index contributed by atoms with van der Waals surface area (Å²) in [5.41, 5.74) is 2.19. The van der Waals surface area contributed by atoms with Gasteiger partial charge in [0.1, 0.15) is 17.3 Å². The number of rotatable bonds is 3. The molecule has 3 aromatic rings. The normalized spacial score (nSPS) is 14.6. The maximum Gasteiger partial charge on any atom is 0.270 e. The third-order valence-corrected chi connectivity index (χ3v) is 5.25. The summed E-state index contributed by atoms with van der Waals surface area (Å²) in [7, 11) is 3.52. The van der Waals surface area contributed by atoms with Gasteiger partial charge in [0, 0.05) is 38.6 Å². The summed E-state index contributed by atoms with van der Waals surface area (Å²) in [5, 5.41) is 0.927. The highest BCUT2D eigenvalue weighted by atomic mass is 19.1. The van der Waals surface area contributed by atoms with E-state index >= 15 is 0 Å². The van der Waals surface area contributed by atoms with Crippen LogP contribution in [0, 0.1) is 5.82 Å². The third-order valence-electron chi connectivity index (χ3n) is 5.25. The largest absolute Gasteiger partial charge is 0.496 e. The third kappa shape index (κ3) is 3.01. The van der Waals surface area contributed by atoms with Crippen LogP contribution in [0.25, 0.3) is 10.9 Å². The molecule has 2 heterocycles. The average Bonchev–Trinajstić information content (AvgIpc) is 3.05. The number of anilines is 1. The van der Waals surface area contributed by atoms with Crippen molar-refractivity contribution in [2.75, 3.05) is 38.2 Å². The Labute approximate surface area is 157 Å². The lowest BCUT2D eigenvalue weighted by molar-refractivity contribution is 0.0737. The number of amides is 1. The number of piperazine rings is 1. The van der Waals surface area contributed by atoms with Crippen LogP contribution in [0.5, 0.6) is 5.75 Å². The first-order valence-corrected chi connectivity index (χ1v) is 9.01. The molecule has 0 saturated carbocycles. The summed E-state index contributed by atoms with van der Waals surface area (Å²) >= 11 is 0. The molecule has 1 aliphatic heterocycles. The van der Waals surface area contributed by atoms with Gasteiger partial charge in [-0.15, -0.1) is 0 Å². The number of hydrogen-bond acceptors (Lipinski definition) is 3. The van der Waals surface area contributed by atoms with Gasteiger partial charge in [0.25, 0.3) is 5.91 Å². The molecular weight excluding hydrogens is 345 g/mol. The standard InChI is InChI=1S/C21H22FN3O2/c1-23-17-8-5-9-20(27-2)15(17)14-19(23)21(26)25-12-10-24(11-13-25)18-7-4-3-6-16(18)22/h3-9,14H,10-13H2,1-2H3. The van der Waals surface area contributed by atoms with E-state index in [9.17, 15) is 9.18 Å². The van der Waals surface area contributed by atoms with Crippen LogP contribution in [0.4, 0.5) is 10.1 Å². The van der Waals surface area contributed by atoms with Crippen LogP contribution in [0.2, 0.25) is 0 Å². The van der Waals surface area contributed by atoms with Crippen molar-refractivity contribution < 1.29 is 13.9 Å². The number of halogens is 1. The lowest BCUT2D eigenvalue weighted by Gasteiger charge is -2.36. The van der Waals surface area contributed by atoms with Crippen molar-refractivity contribution in [3.05, 3.63) is 60.0 Å². The van der Waals surface area contributed by atoms with Gasteiger partial charge in [0.05, 0.1) is 18.3 Å². The predicted octanol–water partition coefficient (Wildman–Crippen LogP) is 3.29. The highest BCUT2D eigenvalue weighted by Crippen LogP contribution is 2.29. The van der Waals surface area contributed by atoms with Crippen LogP contribution in [0.15, 0.2) is 48.5 Å². The molecule has 6 heteroatoms. The highest BCUT2D eigenvalue weighted by Gasteiger charge is 2.26. The zero-order valence-electron chi connectivity index (χ0n) is 15.5. The first-order valence-electron chi connectivity index (χ1n) is 9.01. The summed E-state index contributed by atoms with van der Waals surface area (Å²) in [6.45, 7) is 2.34. The monoisotopic (exact) mass is 367 g/mol. The minimum Gasteiger partial charge on any atom is -0.496 e. The number of hydrogen-bond donors (Lipinski definition) is 0. The second-order valence-corrected chi connectivity index (χ2v) is 6.71. The van der Waals surface area contributed by atoms with Crippen LogP contribution in [0.3, 0.4) is 0 Å². The van der Waals surface area contributed by atoms with Gasteiger partial charge >= 0.3 is 0 Å². The Balaban J connectivity index is 1.54. The quantitative estimate of drug-likeness (QED) is 0.713. The number of aryl methyl sites for hydroxylation is 1. The first kappa shape index (κ1) is 17.4. The number of methoxy groups -OCH3 is 1. The summed E-state index contributed by atoms with van der Waals surface area (Å²) < 4.78 is 21.3. The molecule has 140 valence electrons. The summed E-state index contributed by atoms with van der Waals surface area (Å²) in [5.74, 6) is 0.522. The lowest BCUT2D eigenvalue weighted by atomic mass is 10.2. The fraction of sp³-hybridized carbons (Fsp3) is 0.286. The average molecular weight is 367 g/mol. The number of fused-ring (bicyclic) bond motifs is 1. The molecule has 0 bridgehead atoms. The van der Waals surface area contributed by atoms with Crippen LogP contribution >= 0.6 is 0 Å². The van der Waals surface area contributed by atoms with Crippen LogP contribution in [0.1, 0.15) is 10.5 Å². The Bertz CT molecular complexity index is 990. The molecule has 2 aromatic carbocycles. The van der Waals surface area contributed by atoms with Gasteiger partial charge in [-0.25, -0.2) is 4.39 Å². The van der Waals surface area contributed by atoms with Crippen LogP contribution in [-0.4, -0.2) is 48.7 Å². The molecule has 1 aliphatic rings. The molecule has 5 nitrogen and oxygen atoms in total. The van der Waals surface area contributed by atoms with Crippen molar-refractivity contribution in [1.29, 1.82) is 0 Å². The van der Waals surface area contributed by atoms with Gasteiger partial charge in [-0.1, -0.05) is 18.2 Å². The predicted molar refractivity (Wildman–Crippen MR) is 104 cm³/mol. The molecule has 1 amide bonds. The Morgan fingerprint density at radius 1 is 1.04 bits per heavy atom. The van der Waals surface area contributed by atoms with Gasteiger partial charge in [-0.05, 0) is 30.3 Å². The van der Waals surface area contributed by atoms with Gasteiger partial charge in [0.15, 0.2) is 0 Å². The zero-order valence-corrected chi connectivity index (χ0v) is 15.5. The molecule has 0 N–H and O–H groups in total. The summed E-state index contributed by atoms with van der Waals surface area (Å²) in [6, 6.07) is 14.4. The molecule has 1 saturated heterocycles. The van der Waals surface area contributed by atoms with Crippen LogP contribution < -0.4 is 9.64 Å². The highest BCUT2D eigenvalue weighted by molar-refractivity contribution is 6.00. The molecule has 0 spiro atoms. The van der Waals surface area contributed by atoms with Crippen molar-refractivity contribution in [2.45, 2.75) is 0 Å². The molecule has 27 heavy (non-hydrogen) atoms. The Hall–Kier alpha value is -3.02.